The third kappa shape index (κ3) is 6.21. The van der Waals surface area contributed by atoms with Crippen molar-refractivity contribution in [1.82, 2.24) is 14.9 Å². The maximum absolute atomic E-state index is 12.3. The summed E-state index contributed by atoms with van der Waals surface area (Å²) in [6, 6.07) is 0. The third-order valence-corrected chi connectivity index (χ3v) is 4.68. The Bertz CT molecular complexity index is 940. The molecular weight excluding hydrogens is 410 g/mol. The van der Waals surface area contributed by atoms with Gasteiger partial charge in [-0.2, -0.15) is 8.42 Å². The van der Waals surface area contributed by atoms with Crippen molar-refractivity contribution in [3.63, 3.8) is 0 Å². The molecule has 12 nitrogen and oxygen atoms in total. The van der Waals surface area contributed by atoms with Gasteiger partial charge < -0.3 is 19.5 Å². The van der Waals surface area contributed by atoms with Gasteiger partial charge in [0.15, 0.2) is 12.3 Å². The zero-order valence-corrected chi connectivity index (χ0v) is 17.4. The number of ether oxygens (including phenoxy) is 3. The molecule has 0 spiro atoms. The first-order valence-corrected chi connectivity index (χ1v) is 10.6. The van der Waals surface area contributed by atoms with Gasteiger partial charge in [0.2, 0.25) is 0 Å². The Kier molecular flexibility index (Phi) is 7.71. The summed E-state index contributed by atoms with van der Waals surface area (Å²) in [4.78, 5) is 37.8. The van der Waals surface area contributed by atoms with Gasteiger partial charge in [-0.05, 0) is 14.0 Å². The van der Waals surface area contributed by atoms with Crippen LogP contribution < -0.4 is 16.6 Å². The van der Waals surface area contributed by atoms with Crippen molar-refractivity contribution in [2.75, 3.05) is 33.1 Å². The number of aryl methyl sites for hydroxylation is 1. The summed E-state index contributed by atoms with van der Waals surface area (Å²) in [5.74, 6) is -0.643. The zero-order chi connectivity index (χ0) is 21.8. The van der Waals surface area contributed by atoms with E-state index in [1.807, 2.05) is 0 Å². The summed E-state index contributed by atoms with van der Waals surface area (Å²) in [5, 5.41) is 2.89. The van der Waals surface area contributed by atoms with Crippen LogP contribution in [0.5, 0.6) is 0 Å². The lowest BCUT2D eigenvalue weighted by molar-refractivity contribution is -0.155. The number of nitrogens with one attached hydrogen (secondary N) is 2. The summed E-state index contributed by atoms with van der Waals surface area (Å²) < 4.78 is 45.6. The topological polar surface area (TPSA) is 155 Å². The maximum atomic E-state index is 12.3. The Morgan fingerprint density at radius 3 is 2.62 bits per heavy atom. The fraction of sp³-hybridized carbons (Fsp3) is 0.688. The van der Waals surface area contributed by atoms with Crippen LogP contribution >= 0.6 is 0 Å². The minimum atomic E-state index is -3.79. The minimum Gasteiger partial charge on any atom is -0.457 e. The monoisotopic (exact) mass is 435 g/mol. The van der Waals surface area contributed by atoms with Crippen molar-refractivity contribution in [3.8, 4) is 0 Å². The molecule has 1 aromatic heterocycles. The molecular formula is C16H25N3O9S. The number of likely N-dealkylation sites (N-methyl/N-ethyl adjacent to an activating group) is 1. The molecule has 0 amide bonds. The molecule has 164 valence electrons. The van der Waals surface area contributed by atoms with Gasteiger partial charge in [-0.1, -0.05) is 0 Å². The second kappa shape index (κ2) is 9.63. The molecule has 1 aliphatic rings. The molecule has 4 atom stereocenters. The fourth-order valence-corrected chi connectivity index (χ4v) is 3.22. The Balaban J connectivity index is 2.42. The second-order valence-electron chi connectivity index (χ2n) is 6.55. The molecule has 2 rings (SSSR count). The van der Waals surface area contributed by atoms with Crippen molar-refractivity contribution < 1.29 is 31.6 Å². The molecule has 0 bridgehead atoms. The van der Waals surface area contributed by atoms with Crippen LogP contribution in [0.25, 0.3) is 0 Å². The van der Waals surface area contributed by atoms with Crippen LogP contribution in [0.2, 0.25) is 0 Å². The molecule has 0 radical (unpaired) electrons. The van der Waals surface area contributed by atoms with Crippen molar-refractivity contribution in [3.05, 3.63) is 32.6 Å². The van der Waals surface area contributed by atoms with E-state index in [0.29, 0.717) is 6.54 Å². The van der Waals surface area contributed by atoms with Crippen molar-refractivity contribution >= 4 is 16.1 Å². The number of nitrogens with zero attached hydrogens (tertiary/aromatic N) is 1. The average Bonchev–Trinajstić information content (AvgIpc) is 2.93. The first kappa shape index (κ1) is 23.2. The van der Waals surface area contributed by atoms with E-state index in [9.17, 15) is 22.8 Å². The lowest BCUT2D eigenvalue weighted by Crippen LogP contribution is -2.42. The number of hydrogen-bond acceptors (Lipinski definition) is 10. The Labute approximate surface area is 167 Å². The summed E-state index contributed by atoms with van der Waals surface area (Å²) in [6.07, 6.45) is -1.95. The molecule has 1 saturated heterocycles. The maximum Gasteiger partial charge on any atom is 0.330 e. The number of hydrogen-bond donors (Lipinski definition) is 2. The van der Waals surface area contributed by atoms with Gasteiger partial charge in [-0.3, -0.25) is 23.3 Å². The number of aromatic nitrogens is 2. The number of carbonyl (C=O) groups is 1. The van der Waals surface area contributed by atoms with Gasteiger partial charge in [-0.25, -0.2) is 4.79 Å². The van der Waals surface area contributed by atoms with Crippen LogP contribution in [0.4, 0.5) is 0 Å². The standard InChI is InChI=1S/C16H25N3O9S/c1-9-7-19(16(22)18-14(9)21)15-13(25-6-5-17-3)12(27-10(2)20)11(28-15)8-26-29(4,23)24/h7,11-13,15,17H,5-6,8H2,1-4H3,(H,18,21,22)/t11-,12+,13?,15-/m1/s1. The predicted molar refractivity (Wildman–Crippen MR) is 100.0 cm³/mol. The lowest BCUT2D eigenvalue weighted by atomic mass is 10.1. The molecule has 1 unspecified atom stereocenters. The van der Waals surface area contributed by atoms with Crippen LogP contribution in [0.3, 0.4) is 0 Å². The molecule has 13 heteroatoms. The van der Waals surface area contributed by atoms with Crippen molar-refractivity contribution in [1.29, 1.82) is 0 Å². The van der Waals surface area contributed by atoms with Crippen LogP contribution in [-0.2, 0) is 33.3 Å². The number of H-pyrrole nitrogens is 1. The third-order valence-electron chi connectivity index (χ3n) is 4.12. The van der Waals surface area contributed by atoms with E-state index >= 15 is 0 Å². The number of carbonyl (C=O) groups excluding carboxylic acids is 1. The van der Waals surface area contributed by atoms with Crippen LogP contribution in [0.1, 0.15) is 18.7 Å². The molecule has 29 heavy (non-hydrogen) atoms. The predicted octanol–water partition coefficient (Wildman–Crippen LogP) is -1.75. The van der Waals surface area contributed by atoms with E-state index in [1.54, 1.807) is 7.05 Å². The van der Waals surface area contributed by atoms with Gasteiger partial charge in [-0.15, -0.1) is 0 Å². The van der Waals surface area contributed by atoms with Gasteiger partial charge in [0.1, 0.15) is 12.2 Å². The highest BCUT2D eigenvalue weighted by atomic mass is 32.2. The molecule has 1 fully saturated rings. The molecule has 2 heterocycles. The molecule has 1 aromatic rings. The molecule has 0 aromatic carbocycles. The normalized spacial score (nSPS) is 24.6. The van der Waals surface area contributed by atoms with Gasteiger partial charge in [0, 0.05) is 25.2 Å². The molecule has 0 aliphatic carbocycles. The number of esters is 1. The van der Waals surface area contributed by atoms with Gasteiger partial charge >= 0.3 is 11.7 Å². The van der Waals surface area contributed by atoms with Crippen LogP contribution in [0.15, 0.2) is 15.8 Å². The highest BCUT2D eigenvalue weighted by Crippen LogP contribution is 2.33. The van der Waals surface area contributed by atoms with E-state index in [1.165, 1.54) is 20.0 Å². The number of aromatic amines is 1. The first-order valence-electron chi connectivity index (χ1n) is 8.79. The Hall–Kier alpha value is -2.06. The summed E-state index contributed by atoms with van der Waals surface area (Å²) in [7, 11) is -2.08. The summed E-state index contributed by atoms with van der Waals surface area (Å²) in [6.45, 7) is 2.89. The van der Waals surface area contributed by atoms with E-state index in [0.717, 1.165) is 10.8 Å². The average molecular weight is 435 g/mol. The van der Waals surface area contributed by atoms with E-state index in [2.05, 4.69) is 10.3 Å². The fourth-order valence-electron chi connectivity index (χ4n) is 2.84. The lowest BCUT2D eigenvalue weighted by Gasteiger charge is -2.24. The highest BCUT2D eigenvalue weighted by molar-refractivity contribution is 7.85. The van der Waals surface area contributed by atoms with Gasteiger partial charge in [0.25, 0.3) is 15.7 Å². The smallest absolute Gasteiger partial charge is 0.330 e. The van der Waals surface area contributed by atoms with Crippen molar-refractivity contribution in [2.45, 2.75) is 38.4 Å². The Morgan fingerprint density at radius 1 is 1.34 bits per heavy atom. The molecule has 2 N–H and O–H groups in total. The number of rotatable bonds is 9. The van der Waals surface area contributed by atoms with E-state index in [-0.39, 0.29) is 12.2 Å². The SMILES string of the molecule is CNCCOC1[C@@H](OC(C)=O)[C@@H](COS(C)(=O)=O)O[C@H]1n1cc(C)c(=O)[nH]c1=O. The van der Waals surface area contributed by atoms with Crippen LogP contribution in [0, 0.1) is 6.92 Å². The minimum absolute atomic E-state index is 0.190. The summed E-state index contributed by atoms with van der Waals surface area (Å²) in [5.41, 5.74) is -1.05. The summed E-state index contributed by atoms with van der Waals surface area (Å²) >= 11 is 0. The zero-order valence-electron chi connectivity index (χ0n) is 16.5. The first-order chi connectivity index (χ1) is 13.5. The highest BCUT2D eigenvalue weighted by Gasteiger charge is 2.49. The van der Waals surface area contributed by atoms with E-state index in [4.69, 9.17) is 18.4 Å². The Morgan fingerprint density at radius 2 is 2.03 bits per heavy atom. The van der Waals surface area contributed by atoms with E-state index < -0.39 is 58.5 Å². The van der Waals surface area contributed by atoms with Crippen LogP contribution in [-0.4, -0.2) is 75.3 Å². The van der Waals surface area contributed by atoms with Crippen molar-refractivity contribution in [2.24, 2.45) is 0 Å². The second-order valence-corrected chi connectivity index (χ2v) is 8.19. The van der Waals surface area contributed by atoms with Gasteiger partial charge in [0.05, 0.1) is 19.5 Å². The molecule has 0 saturated carbocycles. The molecule has 1 aliphatic heterocycles. The quantitative estimate of drug-likeness (QED) is 0.259. The largest absolute Gasteiger partial charge is 0.457 e.